The van der Waals surface area contributed by atoms with Crippen LogP contribution in [-0.2, 0) is 9.59 Å². The number of fused-ring (bicyclic) bond motifs is 1. The van der Waals surface area contributed by atoms with Gasteiger partial charge in [0.2, 0.25) is 5.91 Å². The third kappa shape index (κ3) is 2.95. The Morgan fingerprint density at radius 2 is 1.88 bits per heavy atom. The molecule has 0 spiro atoms. The Balaban J connectivity index is 1.74. The van der Waals surface area contributed by atoms with Gasteiger partial charge < -0.3 is 5.32 Å². The summed E-state index contributed by atoms with van der Waals surface area (Å²) in [7, 11) is 0. The fraction of sp³-hybridized carbons (Fsp3) is 0.111. The molecule has 6 nitrogen and oxygen atoms in total. The standard InChI is InChI=1S/C18H13BrN4O2S/c1-10-17(25)23(12-5-3-2-4-6-12)18(26-10)22-21-15-13-9-11(19)7-8-14(13)20-16(15)24/h2-10H,1H3,(H,20,21,24)/b22-18+. The Labute approximate surface area is 162 Å². The number of rotatable bonds is 2. The number of amidine groups is 1. The Morgan fingerprint density at radius 1 is 1.12 bits per heavy atom. The van der Waals surface area contributed by atoms with Gasteiger partial charge in [-0.05, 0) is 37.3 Å². The summed E-state index contributed by atoms with van der Waals surface area (Å²) < 4.78 is 0.845. The minimum absolute atomic E-state index is 0.0563. The predicted molar refractivity (Wildman–Crippen MR) is 108 cm³/mol. The van der Waals surface area contributed by atoms with Gasteiger partial charge in [-0.3, -0.25) is 14.5 Å². The number of hydrogen-bond donors (Lipinski definition) is 1. The van der Waals surface area contributed by atoms with Gasteiger partial charge >= 0.3 is 0 Å². The molecular formula is C18H13BrN4O2S. The van der Waals surface area contributed by atoms with E-state index in [2.05, 4.69) is 31.4 Å². The molecule has 2 aliphatic rings. The van der Waals surface area contributed by atoms with Crippen molar-refractivity contribution in [1.29, 1.82) is 0 Å². The number of benzene rings is 2. The van der Waals surface area contributed by atoms with Gasteiger partial charge in [0.05, 0.1) is 16.6 Å². The lowest BCUT2D eigenvalue weighted by atomic mass is 10.1. The van der Waals surface area contributed by atoms with E-state index >= 15 is 0 Å². The van der Waals surface area contributed by atoms with Crippen LogP contribution in [0.3, 0.4) is 0 Å². The Kier molecular flexibility index (Phi) is 4.37. The summed E-state index contributed by atoms with van der Waals surface area (Å²) in [5.74, 6) is -0.366. The summed E-state index contributed by atoms with van der Waals surface area (Å²) in [4.78, 5) is 26.3. The summed E-state index contributed by atoms with van der Waals surface area (Å²) in [5.41, 5.74) is 2.34. The maximum atomic E-state index is 12.5. The SMILES string of the molecule is CC1S/C(=N/N=C2\C(=O)Nc3ccc(Br)cc32)N(c2ccccc2)C1=O. The molecular weight excluding hydrogens is 416 g/mol. The zero-order valence-electron chi connectivity index (χ0n) is 13.6. The molecule has 4 rings (SSSR count). The second kappa shape index (κ2) is 6.69. The Bertz CT molecular complexity index is 974. The maximum absolute atomic E-state index is 12.5. The molecule has 0 aliphatic carbocycles. The molecule has 26 heavy (non-hydrogen) atoms. The number of nitrogens with zero attached hydrogens (tertiary/aromatic N) is 3. The predicted octanol–water partition coefficient (Wildman–Crippen LogP) is 3.63. The van der Waals surface area contributed by atoms with E-state index in [9.17, 15) is 9.59 Å². The maximum Gasteiger partial charge on any atom is 0.276 e. The van der Waals surface area contributed by atoms with Crippen LogP contribution < -0.4 is 10.2 Å². The highest BCUT2D eigenvalue weighted by molar-refractivity contribution is 9.10. The van der Waals surface area contributed by atoms with Crippen LogP contribution >= 0.6 is 27.7 Å². The van der Waals surface area contributed by atoms with Crippen molar-refractivity contribution in [1.82, 2.24) is 0 Å². The first-order valence-corrected chi connectivity index (χ1v) is 9.54. The van der Waals surface area contributed by atoms with Crippen LogP contribution in [0.25, 0.3) is 0 Å². The van der Waals surface area contributed by atoms with E-state index in [0.717, 1.165) is 10.2 Å². The average molecular weight is 429 g/mol. The summed E-state index contributed by atoms with van der Waals surface area (Å²) >= 11 is 4.72. The van der Waals surface area contributed by atoms with Crippen molar-refractivity contribution in [2.24, 2.45) is 10.2 Å². The largest absolute Gasteiger partial charge is 0.320 e. The first kappa shape index (κ1) is 17.0. The number of para-hydroxylation sites is 1. The molecule has 2 aliphatic heterocycles. The van der Waals surface area contributed by atoms with Crippen LogP contribution in [-0.4, -0.2) is 27.9 Å². The second-order valence-corrected chi connectivity index (χ2v) is 7.97. The van der Waals surface area contributed by atoms with E-state index in [1.54, 1.807) is 6.07 Å². The zero-order valence-corrected chi connectivity index (χ0v) is 16.0. The molecule has 0 bridgehead atoms. The minimum atomic E-state index is -0.309. The second-order valence-electron chi connectivity index (χ2n) is 5.74. The van der Waals surface area contributed by atoms with Gasteiger partial charge in [0.25, 0.3) is 5.91 Å². The number of hydrogen-bond acceptors (Lipinski definition) is 5. The number of thioether (sulfide) groups is 1. The first-order chi connectivity index (χ1) is 12.5. The highest BCUT2D eigenvalue weighted by Gasteiger charge is 2.36. The average Bonchev–Trinajstić information content (AvgIpc) is 3.09. The van der Waals surface area contributed by atoms with Crippen molar-refractivity contribution in [2.45, 2.75) is 12.2 Å². The molecule has 2 aromatic rings. The van der Waals surface area contributed by atoms with Crippen LogP contribution in [0.4, 0.5) is 11.4 Å². The topological polar surface area (TPSA) is 74.1 Å². The number of amides is 2. The number of carbonyl (C=O) groups excluding carboxylic acids is 2. The van der Waals surface area contributed by atoms with Gasteiger partial charge in [-0.2, -0.15) is 0 Å². The van der Waals surface area contributed by atoms with E-state index in [1.165, 1.54) is 16.7 Å². The number of anilines is 2. The summed E-state index contributed by atoms with van der Waals surface area (Å²) in [5, 5.41) is 11.4. The van der Waals surface area contributed by atoms with E-state index < -0.39 is 0 Å². The highest BCUT2D eigenvalue weighted by Crippen LogP contribution is 2.32. The molecule has 1 unspecified atom stereocenters. The smallest absolute Gasteiger partial charge is 0.276 e. The fourth-order valence-corrected chi connectivity index (χ4v) is 4.01. The lowest BCUT2D eigenvalue weighted by Crippen LogP contribution is -2.31. The summed E-state index contributed by atoms with van der Waals surface area (Å²) in [6, 6.07) is 14.8. The van der Waals surface area contributed by atoms with Gasteiger partial charge in [-0.1, -0.05) is 45.9 Å². The quantitative estimate of drug-likeness (QED) is 0.741. The number of carbonyl (C=O) groups is 2. The van der Waals surface area contributed by atoms with E-state index in [-0.39, 0.29) is 22.8 Å². The molecule has 2 heterocycles. The van der Waals surface area contributed by atoms with E-state index in [1.807, 2.05) is 49.4 Å². The van der Waals surface area contributed by atoms with E-state index in [0.29, 0.717) is 16.4 Å². The van der Waals surface area contributed by atoms with Crippen LogP contribution in [0, 0.1) is 0 Å². The Hall–Kier alpha value is -2.45. The third-order valence-electron chi connectivity index (χ3n) is 3.99. The zero-order chi connectivity index (χ0) is 18.3. The lowest BCUT2D eigenvalue weighted by Gasteiger charge is -2.15. The molecule has 1 fully saturated rings. The van der Waals surface area contributed by atoms with Crippen LogP contribution in [0.1, 0.15) is 12.5 Å². The third-order valence-corrected chi connectivity index (χ3v) is 5.52. The van der Waals surface area contributed by atoms with Gasteiger partial charge in [0.1, 0.15) is 0 Å². The van der Waals surface area contributed by atoms with Crippen molar-refractivity contribution in [3.05, 3.63) is 58.6 Å². The molecule has 0 aromatic heterocycles. The van der Waals surface area contributed by atoms with Gasteiger partial charge in [-0.15, -0.1) is 10.2 Å². The Morgan fingerprint density at radius 3 is 2.65 bits per heavy atom. The number of nitrogens with one attached hydrogen (secondary N) is 1. The lowest BCUT2D eigenvalue weighted by molar-refractivity contribution is -0.116. The molecule has 1 N–H and O–H groups in total. The van der Waals surface area contributed by atoms with Crippen LogP contribution in [0.15, 0.2) is 63.2 Å². The molecule has 1 atom stereocenters. The van der Waals surface area contributed by atoms with Gasteiger partial charge in [0, 0.05) is 10.0 Å². The molecule has 2 aromatic carbocycles. The molecule has 0 radical (unpaired) electrons. The monoisotopic (exact) mass is 428 g/mol. The highest BCUT2D eigenvalue weighted by atomic mass is 79.9. The van der Waals surface area contributed by atoms with Crippen molar-refractivity contribution in [3.8, 4) is 0 Å². The molecule has 1 saturated heterocycles. The minimum Gasteiger partial charge on any atom is -0.320 e. The van der Waals surface area contributed by atoms with Gasteiger partial charge in [0.15, 0.2) is 10.9 Å². The fourth-order valence-electron chi connectivity index (χ4n) is 2.74. The molecule has 130 valence electrons. The van der Waals surface area contributed by atoms with Crippen LogP contribution in [0.2, 0.25) is 0 Å². The van der Waals surface area contributed by atoms with E-state index in [4.69, 9.17) is 0 Å². The van der Waals surface area contributed by atoms with Crippen molar-refractivity contribution >= 4 is 61.8 Å². The first-order valence-electron chi connectivity index (χ1n) is 7.87. The number of halogens is 1. The van der Waals surface area contributed by atoms with Crippen molar-refractivity contribution in [2.75, 3.05) is 10.2 Å². The molecule has 2 amide bonds. The molecule has 8 heteroatoms. The summed E-state index contributed by atoms with van der Waals surface area (Å²) in [6.07, 6.45) is 0. The molecule has 0 saturated carbocycles. The van der Waals surface area contributed by atoms with Crippen molar-refractivity contribution in [3.63, 3.8) is 0 Å². The van der Waals surface area contributed by atoms with Crippen molar-refractivity contribution < 1.29 is 9.59 Å². The summed E-state index contributed by atoms with van der Waals surface area (Å²) in [6.45, 7) is 1.83. The normalized spacial score (nSPS) is 22.2. The van der Waals surface area contributed by atoms with Crippen LogP contribution in [0.5, 0.6) is 0 Å². The van der Waals surface area contributed by atoms with Gasteiger partial charge in [-0.25, -0.2) is 0 Å².